The molecule has 0 amide bonds. The van der Waals surface area contributed by atoms with E-state index >= 15 is 0 Å². The van der Waals surface area contributed by atoms with Gasteiger partial charge < -0.3 is 14.6 Å². The van der Waals surface area contributed by atoms with Gasteiger partial charge in [0.05, 0.1) is 34.7 Å². The van der Waals surface area contributed by atoms with Gasteiger partial charge in [0.15, 0.2) is 21.5 Å². The summed E-state index contributed by atoms with van der Waals surface area (Å²) < 4.78 is 31.2. The number of ether oxygens (including phenoxy) is 1. The number of rotatable bonds is 4. The lowest BCUT2D eigenvalue weighted by Gasteiger charge is -2.34. The lowest BCUT2D eigenvalue weighted by Crippen LogP contribution is -2.44. The van der Waals surface area contributed by atoms with Gasteiger partial charge in [-0.05, 0) is 31.4 Å². The van der Waals surface area contributed by atoms with Crippen LogP contribution >= 0.6 is 11.3 Å². The molecule has 4 aromatic rings. The molecule has 0 aliphatic carbocycles. The number of morpholine rings is 1. The molecule has 0 aromatic carbocycles. The normalized spacial score (nSPS) is 18.7. The maximum Gasteiger partial charge on any atom is 0.163 e. The summed E-state index contributed by atoms with van der Waals surface area (Å²) in [6, 6.07) is 4.01. The summed E-state index contributed by atoms with van der Waals surface area (Å²) in [7, 11) is -3.27. The fraction of sp³-hybridized carbons (Fsp3) is 0.381. The highest BCUT2D eigenvalue weighted by Crippen LogP contribution is 2.39. The maximum atomic E-state index is 12.3. The van der Waals surface area contributed by atoms with Gasteiger partial charge >= 0.3 is 0 Å². The predicted molar refractivity (Wildman–Crippen MR) is 123 cm³/mol. The number of hydrogen-bond donors (Lipinski definition) is 1. The molecule has 8 nitrogen and oxygen atoms in total. The minimum absolute atomic E-state index is 0.155. The second kappa shape index (κ2) is 7.54. The highest BCUT2D eigenvalue weighted by atomic mass is 32.2. The average molecular weight is 458 g/mol. The minimum atomic E-state index is -3.27. The molecule has 162 valence electrons. The van der Waals surface area contributed by atoms with Crippen LogP contribution in [-0.2, 0) is 14.6 Å². The van der Waals surface area contributed by atoms with Gasteiger partial charge in [0.2, 0.25) is 0 Å². The number of anilines is 1. The van der Waals surface area contributed by atoms with E-state index in [-0.39, 0.29) is 6.04 Å². The molecule has 0 saturated carbocycles. The van der Waals surface area contributed by atoms with Crippen molar-refractivity contribution in [1.29, 1.82) is 0 Å². The zero-order valence-corrected chi connectivity index (χ0v) is 19.1. The van der Waals surface area contributed by atoms with Crippen LogP contribution in [0, 0.1) is 0 Å². The molecule has 5 rings (SSSR count). The summed E-state index contributed by atoms with van der Waals surface area (Å²) in [4.78, 5) is 19.6. The highest BCUT2D eigenvalue weighted by Gasteiger charge is 2.28. The summed E-state index contributed by atoms with van der Waals surface area (Å²) in [5, 5.41) is 2.18. The van der Waals surface area contributed by atoms with E-state index in [0.717, 1.165) is 33.7 Å². The lowest BCUT2D eigenvalue weighted by atomic mass is 10.1. The van der Waals surface area contributed by atoms with Crippen LogP contribution in [-0.4, -0.2) is 60.4 Å². The summed E-state index contributed by atoms with van der Waals surface area (Å²) >= 11 is 1.50. The lowest BCUT2D eigenvalue weighted by molar-refractivity contribution is 0.0987. The summed E-state index contributed by atoms with van der Waals surface area (Å²) in [6.45, 7) is 5.79. The van der Waals surface area contributed by atoms with Crippen molar-refractivity contribution in [2.24, 2.45) is 0 Å². The third-order valence-electron chi connectivity index (χ3n) is 5.85. The van der Waals surface area contributed by atoms with E-state index in [1.807, 2.05) is 23.7 Å². The maximum absolute atomic E-state index is 12.3. The summed E-state index contributed by atoms with van der Waals surface area (Å²) in [6.07, 6.45) is 4.83. The average Bonchev–Trinajstić information content (AvgIpc) is 3.39. The number of hydrogen-bond acceptors (Lipinski definition) is 8. The van der Waals surface area contributed by atoms with Crippen molar-refractivity contribution in [3.05, 3.63) is 35.5 Å². The number of nitrogens with zero attached hydrogens (tertiary/aromatic N) is 4. The van der Waals surface area contributed by atoms with E-state index in [0.29, 0.717) is 30.1 Å². The fourth-order valence-corrected chi connectivity index (χ4v) is 5.78. The van der Waals surface area contributed by atoms with Gasteiger partial charge in [-0.15, -0.1) is 11.3 Å². The van der Waals surface area contributed by atoms with Gasteiger partial charge in [0.1, 0.15) is 5.65 Å². The third kappa shape index (κ3) is 3.48. The Morgan fingerprint density at radius 1 is 1.32 bits per heavy atom. The molecule has 1 aliphatic heterocycles. The zero-order chi connectivity index (χ0) is 21.8. The number of aromatic amines is 1. The molecule has 1 N–H and O–H groups in total. The molecule has 1 fully saturated rings. The van der Waals surface area contributed by atoms with Gasteiger partial charge in [-0.2, -0.15) is 0 Å². The van der Waals surface area contributed by atoms with Gasteiger partial charge in [-0.25, -0.2) is 23.4 Å². The van der Waals surface area contributed by atoms with Gasteiger partial charge in [0, 0.05) is 41.7 Å². The third-order valence-corrected chi connectivity index (χ3v) is 8.37. The van der Waals surface area contributed by atoms with E-state index in [9.17, 15) is 8.42 Å². The van der Waals surface area contributed by atoms with E-state index in [2.05, 4.69) is 21.8 Å². The van der Waals surface area contributed by atoms with Crippen molar-refractivity contribution >= 4 is 48.2 Å². The van der Waals surface area contributed by atoms with Gasteiger partial charge in [0.25, 0.3) is 0 Å². The van der Waals surface area contributed by atoms with Crippen LogP contribution in [0.2, 0.25) is 0 Å². The first-order chi connectivity index (χ1) is 14.8. The molecule has 4 aromatic heterocycles. The first kappa shape index (κ1) is 20.3. The number of thiophene rings is 1. The Balaban J connectivity index is 1.79. The second-order valence-electron chi connectivity index (χ2n) is 7.93. The summed E-state index contributed by atoms with van der Waals surface area (Å²) in [5.74, 6) is 1.39. The molecule has 5 heterocycles. The van der Waals surface area contributed by atoms with Crippen molar-refractivity contribution in [2.75, 3.05) is 30.9 Å². The SMILES string of the molecule is CC(c1csc2c(N3CCOC[C@H]3C)nc(-c3ccnc4[nH]ccc34)nc12)S(C)(=O)=O. The number of pyridine rings is 1. The molecule has 0 radical (unpaired) electrons. The van der Waals surface area contributed by atoms with Gasteiger partial charge in [-0.1, -0.05) is 0 Å². The van der Waals surface area contributed by atoms with Crippen LogP contribution in [0.4, 0.5) is 5.82 Å². The highest BCUT2D eigenvalue weighted by molar-refractivity contribution is 7.90. The molecule has 1 aliphatic rings. The molecule has 10 heteroatoms. The molecule has 0 bridgehead atoms. The smallest absolute Gasteiger partial charge is 0.163 e. The van der Waals surface area contributed by atoms with Crippen molar-refractivity contribution < 1.29 is 13.2 Å². The standard InChI is InChI=1S/C21H23N5O3S2/c1-12-10-29-9-8-26(12)21-18-17(16(11-30-18)13(2)31(3,27)28)24-20(25-21)15-5-7-23-19-14(15)4-6-22-19/h4-7,11-13H,8-10H2,1-3H3,(H,22,23)/t12-,13?/m1/s1. The Labute approximate surface area is 184 Å². The number of H-pyrrole nitrogens is 1. The largest absolute Gasteiger partial charge is 0.377 e. The van der Waals surface area contributed by atoms with Gasteiger partial charge in [-0.3, -0.25) is 0 Å². The number of fused-ring (bicyclic) bond motifs is 2. The molecular weight excluding hydrogens is 434 g/mol. The zero-order valence-electron chi connectivity index (χ0n) is 17.5. The van der Waals surface area contributed by atoms with Crippen molar-refractivity contribution in [1.82, 2.24) is 19.9 Å². The molecule has 31 heavy (non-hydrogen) atoms. The van der Waals surface area contributed by atoms with Crippen molar-refractivity contribution in [3.63, 3.8) is 0 Å². The topological polar surface area (TPSA) is 101 Å². The van der Waals surface area contributed by atoms with Crippen LogP contribution in [0.3, 0.4) is 0 Å². The molecule has 1 unspecified atom stereocenters. The minimum Gasteiger partial charge on any atom is -0.377 e. The first-order valence-corrected chi connectivity index (χ1v) is 12.9. The molecule has 0 spiro atoms. The van der Waals surface area contributed by atoms with E-state index in [1.165, 1.54) is 17.6 Å². The van der Waals surface area contributed by atoms with E-state index < -0.39 is 15.1 Å². The second-order valence-corrected chi connectivity index (χ2v) is 11.2. The van der Waals surface area contributed by atoms with Crippen LogP contribution in [0.25, 0.3) is 32.6 Å². The Hall–Kier alpha value is -2.56. The number of nitrogens with one attached hydrogen (secondary N) is 1. The Morgan fingerprint density at radius 2 is 2.16 bits per heavy atom. The quantitative estimate of drug-likeness (QED) is 0.500. The number of aromatic nitrogens is 4. The monoisotopic (exact) mass is 457 g/mol. The van der Waals surface area contributed by atoms with E-state index in [4.69, 9.17) is 14.7 Å². The summed E-state index contributed by atoms with van der Waals surface area (Å²) in [5.41, 5.74) is 3.03. The number of sulfone groups is 1. The Kier molecular flexibility index (Phi) is 4.95. The molecular formula is C21H23N5O3S2. The first-order valence-electron chi connectivity index (χ1n) is 10.1. The predicted octanol–water partition coefficient (Wildman–Crippen LogP) is 3.57. The van der Waals surface area contributed by atoms with E-state index in [1.54, 1.807) is 13.1 Å². The fourth-order valence-electron chi connectivity index (χ4n) is 3.95. The van der Waals surface area contributed by atoms with Crippen LogP contribution < -0.4 is 4.90 Å². The Morgan fingerprint density at radius 3 is 2.94 bits per heavy atom. The van der Waals surface area contributed by atoms with Crippen LogP contribution in [0.15, 0.2) is 29.9 Å². The Bertz CT molecular complexity index is 1380. The van der Waals surface area contributed by atoms with Crippen LogP contribution in [0.5, 0.6) is 0 Å². The van der Waals surface area contributed by atoms with Crippen LogP contribution in [0.1, 0.15) is 24.7 Å². The molecule has 1 saturated heterocycles. The van der Waals surface area contributed by atoms with Crippen molar-refractivity contribution in [2.45, 2.75) is 25.1 Å². The van der Waals surface area contributed by atoms with Crippen molar-refractivity contribution in [3.8, 4) is 11.4 Å². The molecule has 2 atom stereocenters.